The molecule has 0 aliphatic heterocycles. The van der Waals surface area contributed by atoms with E-state index in [1.807, 2.05) is 97.9 Å². The van der Waals surface area contributed by atoms with Crippen molar-refractivity contribution in [3.05, 3.63) is 107 Å². The second kappa shape index (κ2) is 10.2. The van der Waals surface area contributed by atoms with Crippen molar-refractivity contribution in [1.82, 2.24) is 5.43 Å². The number of hydrogen-bond acceptors (Lipinski definition) is 3. The van der Waals surface area contributed by atoms with Gasteiger partial charge in [-0.3, -0.25) is 4.79 Å². The van der Waals surface area contributed by atoms with Gasteiger partial charge in [-0.25, -0.2) is 5.43 Å². The molecule has 0 unspecified atom stereocenters. The van der Waals surface area contributed by atoms with Crippen LogP contribution >= 0.6 is 11.6 Å². The molecular formula is C24H22ClN3O. The Morgan fingerprint density at radius 1 is 0.966 bits per heavy atom. The Morgan fingerprint density at radius 2 is 1.66 bits per heavy atom. The fraction of sp³-hybridized carbons (Fsp3) is 0.0833. The van der Waals surface area contributed by atoms with E-state index in [9.17, 15) is 4.79 Å². The fourth-order valence-electron chi connectivity index (χ4n) is 2.68. The lowest BCUT2D eigenvalue weighted by molar-refractivity contribution is -0.119. The third-order valence-electron chi connectivity index (χ3n) is 4.31. The summed E-state index contributed by atoms with van der Waals surface area (Å²) in [4.78, 5) is 12.3. The molecule has 4 nitrogen and oxygen atoms in total. The number of rotatable bonds is 7. The number of allylic oxidation sites excluding steroid dienone is 1. The standard InChI is InChI=1S/C24H22ClN3O/c1-18-21(25)13-8-14-22(18)26-17-24(29)28-27-23(20-11-6-3-7-12-20)16-15-19-9-4-2-5-10-19/h2-16,26H,17H2,1H3,(H,28,29)/b16-15+,27-23?. The van der Waals surface area contributed by atoms with Crippen molar-refractivity contribution in [1.29, 1.82) is 0 Å². The summed E-state index contributed by atoms with van der Waals surface area (Å²) >= 11 is 6.11. The molecule has 3 aromatic carbocycles. The molecule has 0 aliphatic rings. The zero-order valence-corrected chi connectivity index (χ0v) is 16.9. The average Bonchev–Trinajstić information content (AvgIpc) is 2.76. The van der Waals surface area contributed by atoms with Crippen LogP contribution in [0.25, 0.3) is 6.08 Å². The highest BCUT2D eigenvalue weighted by Crippen LogP contribution is 2.22. The number of halogens is 1. The largest absolute Gasteiger partial charge is 0.376 e. The first-order valence-corrected chi connectivity index (χ1v) is 9.65. The number of hydrazone groups is 1. The first-order chi connectivity index (χ1) is 14.1. The van der Waals surface area contributed by atoms with Crippen LogP contribution in [-0.4, -0.2) is 18.2 Å². The molecule has 0 atom stereocenters. The van der Waals surface area contributed by atoms with Gasteiger partial charge in [0.15, 0.2) is 0 Å². The molecule has 29 heavy (non-hydrogen) atoms. The molecule has 0 fully saturated rings. The van der Waals surface area contributed by atoms with Crippen LogP contribution in [0.4, 0.5) is 5.69 Å². The minimum Gasteiger partial charge on any atom is -0.376 e. The molecule has 0 radical (unpaired) electrons. The van der Waals surface area contributed by atoms with E-state index in [2.05, 4.69) is 15.8 Å². The molecule has 0 spiro atoms. The lowest BCUT2D eigenvalue weighted by Crippen LogP contribution is -2.27. The highest BCUT2D eigenvalue weighted by Gasteiger charge is 2.06. The number of carbonyl (C=O) groups excluding carboxylic acids is 1. The molecule has 146 valence electrons. The van der Waals surface area contributed by atoms with Gasteiger partial charge in [0.05, 0.1) is 12.3 Å². The van der Waals surface area contributed by atoms with Crippen LogP contribution < -0.4 is 10.7 Å². The number of hydrogen-bond donors (Lipinski definition) is 2. The van der Waals surface area contributed by atoms with E-state index in [4.69, 9.17) is 11.6 Å². The van der Waals surface area contributed by atoms with Crippen LogP contribution in [0.5, 0.6) is 0 Å². The first-order valence-electron chi connectivity index (χ1n) is 9.27. The third-order valence-corrected chi connectivity index (χ3v) is 4.72. The molecule has 0 heterocycles. The van der Waals surface area contributed by atoms with Gasteiger partial charge < -0.3 is 5.32 Å². The van der Waals surface area contributed by atoms with Gasteiger partial charge >= 0.3 is 0 Å². The predicted octanol–water partition coefficient (Wildman–Crippen LogP) is 5.29. The molecule has 2 N–H and O–H groups in total. The fourth-order valence-corrected chi connectivity index (χ4v) is 2.86. The molecule has 0 saturated heterocycles. The van der Waals surface area contributed by atoms with Crippen molar-refractivity contribution in [2.24, 2.45) is 5.10 Å². The van der Waals surface area contributed by atoms with Crippen LogP contribution in [-0.2, 0) is 4.79 Å². The van der Waals surface area contributed by atoms with Crippen molar-refractivity contribution in [2.45, 2.75) is 6.92 Å². The topological polar surface area (TPSA) is 53.5 Å². The summed E-state index contributed by atoms with van der Waals surface area (Å²) in [5.74, 6) is -0.245. The van der Waals surface area contributed by atoms with Crippen molar-refractivity contribution >= 4 is 35.0 Å². The van der Waals surface area contributed by atoms with Crippen LogP contribution in [0.3, 0.4) is 0 Å². The molecule has 3 rings (SSSR count). The molecule has 5 heteroatoms. The molecule has 1 amide bonds. The smallest absolute Gasteiger partial charge is 0.259 e. The molecule has 0 aromatic heterocycles. The summed E-state index contributed by atoms with van der Waals surface area (Å²) in [5.41, 5.74) is 6.99. The number of benzene rings is 3. The summed E-state index contributed by atoms with van der Waals surface area (Å²) in [5, 5.41) is 8.07. The van der Waals surface area contributed by atoms with E-state index < -0.39 is 0 Å². The number of nitrogens with zero attached hydrogens (tertiary/aromatic N) is 1. The highest BCUT2D eigenvalue weighted by molar-refractivity contribution is 6.31. The Morgan fingerprint density at radius 3 is 2.38 bits per heavy atom. The van der Waals surface area contributed by atoms with Crippen molar-refractivity contribution < 1.29 is 4.79 Å². The van der Waals surface area contributed by atoms with Gasteiger partial charge in [-0.05, 0) is 36.3 Å². The molecule has 0 bridgehead atoms. The number of amides is 1. The Balaban J connectivity index is 1.69. The molecule has 3 aromatic rings. The van der Waals surface area contributed by atoms with Crippen molar-refractivity contribution in [2.75, 3.05) is 11.9 Å². The highest BCUT2D eigenvalue weighted by atomic mass is 35.5. The second-order valence-corrected chi connectivity index (χ2v) is 6.82. The summed E-state index contributed by atoms with van der Waals surface area (Å²) < 4.78 is 0. The van der Waals surface area contributed by atoms with Gasteiger partial charge in [-0.15, -0.1) is 0 Å². The maximum Gasteiger partial charge on any atom is 0.259 e. The van der Waals surface area contributed by atoms with Crippen LogP contribution in [0.15, 0.2) is 90.0 Å². The number of carbonyl (C=O) groups is 1. The zero-order chi connectivity index (χ0) is 20.5. The van der Waals surface area contributed by atoms with E-state index in [1.54, 1.807) is 0 Å². The van der Waals surface area contributed by atoms with E-state index in [1.165, 1.54) is 0 Å². The van der Waals surface area contributed by atoms with E-state index >= 15 is 0 Å². The lowest BCUT2D eigenvalue weighted by atomic mass is 10.1. The van der Waals surface area contributed by atoms with Crippen LogP contribution in [0.2, 0.25) is 5.02 Å². The first kappa shape index (κ1) is 20.4. The summed E-state index contributed by atoms with van der Waals surface area (Å²) in [7, 11) is 0. The number of anilines is 1. The van der Waals surface area contributed by atoms with Gasteiger partial charge in [0.2, 0.25) is 0 Å². The van der Waals surface area contributed by atoms with Gasteiger partial charge in [0.1, 0.15) is 0 Å². The Bertz CT molecular complexity index is 1010. The minimum atomic E-state index is -0.245. The predicted molar refractivity (Wildman–Crippen MR) is 121 cm³/mol. The van der Waals surface area contributed by atoms with Crippen molar-refractivity contribution in [3.63, 3.8) is 0 Å². The normalized spacial score (nSPS) is 11.4. The number of nitrogens with one attached hydrogen (secondary N) is 2. The van der Waals surface area contributed by atoms with Crippen LogP contribution in [0.1, 0.15) is 16.7 Å². The Kier molecular flexibility index (Phi) is 7.20. The quantitative estimate of drug-likeness (QED) is 0.415. The van der Waals surface area contributed by atoms with Gasteiger partial charge in [0, 0.05) is 16.3 Å². The average molecular weight is 404 g/mol. The van der Waals surface area contributed by atoms with Crippen molar-refractivity contribution in [3.8, 4) is 0 Å². The van der Waals surface area contributed by atoms with E-state index in [0.29, 0.717) is 10.7 Å². The molecular weight excluding hydrogens is 382 g/mol. The monoisotopic (exact) mass is 403 g/mol. The van der Waals surface area contributed by atoms with Crippen LogP contribution in [0, 0.1) is 6.92 Å². The summed E-state index contributed by atoms with van der Waals surface area (Å²) in [6.07, 6.45) is 3.85. The van der Waals surface area contributed by atoms with E-state index in [0.717, 1.165) is 22.4 Å². The maximum atomic E-state index is 12.3. The minimum absolute atomic E-state index is 0.0924. The SMILES string of the molecule is Cc1c(Cl)cccc1NCC(=O)NN=C(/C=C/c1ccccc1)c1ccccc1. The molecule has 0 aliphatic carbocycles. The lowest BCUT2D eigenvalue weighted by Gasteiger charge is -2.10. The van der Waals surface area contributed by atoms with E-state index in [-0.39, 0.29) is 12.5 Å². The van der Waals surface area contributed by atoms with Gasteiger partial charge in [0.25, 0.3) is 5.91 Å². The molecule has 0 saturated carbocycles. The Hall–Kier alpha value is -3.37. The zero-order valence-electron chi connectivity index (χ0n) is 16.1. The second-order valence-electron chi connectivity index (χ2n) is 6.41. The van der Waals surface area contributed by atoms with Gasteiger partial charge in [-0.1, -0.05) is 84.4 Å². The maximum absolute atomic E-state index is 12.3. The van der Waals surface area contributed by atoms with Gasteiger partial charge in [-0.2, -0.15) is 5.10 Å². The Labute approximate surface area is 175 Å². The summed E-state index contributed by atoms with van der Waals surface area (Å²) in [6, 6.07) is 25.2. The third kappa shape index (κ3) is 6.06. The summed E-state index contributed by atoms with van der Waals surface area (Å²) in [6.45, 7) is 2.00.